The molecule has 2 aromatic carbocycles. The molecule has 0 amide bonds. The lowest BCUT2D eigenvalue weighted by Gasteiger charge is -2.03. The van der Waals surface area contributed by atoms with Gasteiger partial charge in [0.2, 0.25) is 0 Å². The zero-order valence-corrected chi connectivity index (χ0v) is 12.9. The van der Waals surface area contributed by atoms with Crippen LogP contribution in [0.25, 0.3) is 44.0 Å². The summed E-state index contributed by atoms with van der Waals surface area (Å²) in [6, 6.07) is 16.2. The van der Waals surface area contributed by atoms with E-state index in [1.165, 1.54) is 0 Å². The Morgan fingerprint density at radius 3 is 2.36 bits per heavy atom. The van der Waals surface area contributed by atoms with Gasteiger partial charge >= 0.3 is 11.3 Å². The molecule has 5 aromatic rings. The van der Waals surface area contributed by atoms with Gasteiger partial charge in [-0.05, 0) is 24.3 Å². The molecule has 1 N–H and O–H groups in total. The van der Waals surface area contributed by atoms with E-state index in [-0.39, 0.29) is 11.0 Å². The van der Waals surface area contributed by atoms with Gasteiger partial charge in [-0.3, -0.25) is 0 Å². The van der Waals surface area contributed by atoms with E-state index in [9.17, 15) is 9.59 Å². The average Bonchev–Trinajstić information content (AvgIpc) is 3.05. The second kappa shape index (κ2) is 4.95. The van der Waals surface area contributed by atoms with Crippen LogP contribution < -0.4 is 11.3 Å². The first-order valence-electron chi connectivity index (χ1n) is 7.78. The van der Waals surface area contributed by atoms with Crippen molar-refractivity contribution in [1.82, 2.24) is 4.98 Å². The Bertz CT molecular complexity index is 1390. The van der Waals surface area contributed by atoms with Crippen LogP contribution in [0, 0.1) is 0 Å². The molecular weight excluding hydrogens is 318 g/mol. The lowest BCUT2D eigenvalue weighted by Crippen LogP contribution is -2.07. The molecule has 5 rings (SSSR count). The van der Waals surface area contributed by atoms with Crippen molar-refractivity contribution in [2.45, 2.75) is 0 Å². The maximum Gasteiger partial charge on any atom is 0.347 e. The van der Waals surface area contributed by atoms with E-state index in [4.69, 9.17) is 8.83 Å². The average molecular weight is 329 g/mol. The summed E-state index contributed by atoms with van der Waals surface area (Å²) >= 11 is 0. The molecule has 0 saturated carbocycles. The topological polar surface area (TPSA) is 76.2 Å². The Hall–Kier alpha value is -3.60. The lowest BCUT2D eigenvalue weighted by molar-refractivity contribution is 0.544. The van der Waals surface area contributed by atoms with Crippen molar-refractivity contribution in [3.63, 3.8) is 0 Å². The molecule has 0 aliphatic rings. The second-order valence-corrected chi connectivity index (χ2v) is 5.82. The van der Waals surface area contributed by atoms with Crippen molar-refractivity contribution in [3.8, 4) is 11.1 Å². The lowest BCUT2D eigenvalue weighted by atomic mass is 10.1. The number of hydrogen-bond acceptors (Lipinski definition) is 4. The number of hydrogen-bond donors (Lipinski definition) is 1. The highest BCUT2D eigenvalue weighted by molar-refractivity contribution is 6.02. The van der Waals surface area contributed by atoms with Crippen LogP contribution in [0.15, 0.2) is 79.2 Å². The first kappa shape index (κ1) is 13.8. The van der Waals surface area contributed by atoms with Crippen LogP contribution in [-0.2, 0) is 0 Å². The molecule has 0 radical (unpaired) electrons. The largest absolute Gasteiger partial charge is 0.422 e. The number of para-hydroxylation sites is 2. The van der Waals surface area contributed by atoms with Crippen molar-refractivity contribution in [1.29, 1.82) is 0 Å². The number of nitrogens with one attached hydrogen (secondary N) is 1. The van der Waals surface area contributed by atoms with Gasteiger partial charge < -0.3 is 13.8 Å². The Kier molecular flexibility index (Phi) is 2.73. The Morgan fingerprint density at radius 1 is 0.720 bits per heavy atom. The highest BCUT2D eigenvalue weighted by atomic mass is 16.4. The minimum Gasteiger partial charge on any atom is -0.422 e. The number of fused-ring (bicyclic) bond motifs is 4. The van der Waals surface area contributed by atoms with Gasteiger partial charge in [0.25, 0.3) is 0 Å². The van der Waals surface area contributed by atoms with Crippen LogP contribution in [0.5, 0.6) is 0 Å². The molecule has 3 aromatic heterocycles. The Balaban J connectivity index is 1.91. The summed E-state index contributed by atoms with van der Waals surface area (Å²) in [4.78, 5) is 28.1. The molecule has 5 heteroatoms. The van der Waals surface area contributed by atoms with E-state index >= 15 is 0 Å². The molecule has 0 aliphatic heterocycles. The Morgan fingerprint density at radius 2 is 1.48 bits per heavy atom. The smallest absolute Gasteiger partial charge is 0.347 e. The summed E-state index contributed by atoms with van der Waals surface area (Å²) < 4.78 is 10.9. The van der Waals surface area contributed by atoms with Gasteiger partial charge in [0.05, 0.1) is 10.9 Å². The highest BCUT2D eigenvalue weighted by Gasteiger charge is 2.16. The summed E-state index contributed by atoms with van der Waals surface area (Å²) in [5, 5.41) is 1.73. The van der Waals surface area contributed by atoms with Crippen LogP contribution >= 0.6 is 0 Å². The normalized spacial score (nSPS) is 11.5. The highest BCUT2D eigenvalue weighted by Crippen LogP contribution is 2.29. The fraction of sp³-hybridized carbons (Fsp3) is 0. The molecule has 0 bridgehead atoms. The third-order valence-corrected chi connectivity index (χ3v) is 4.38. The van der Waals surface area contributed by atoms with Crippen molar-refractivity contribution in [2.24, 2.45) is 0 Å². The standard InChI is InChI=1S/C20H11NO4/c22-19-13(15-10-21-16-7-3-1-5-11(15)16)9-14-18(25-19)12-6-2-4-8-17(12)24-20(14)23/h1-10,21H. The minimum atomic E-state index is -0.529. The van der Waals surface area contributed by atoms with Gasteiger partial charge in [-0.2, -0.15) is 0 Å². The van der Waals surface area contributed by atoms with E-state index in [0.29, 0.717) is 22.1 Å². The van der Waals surface area contributed by atoms with Crippen LogP contribution in [0.1, 0.15) is 0 Å². The quantitative estimate of drug-likeness (QED) is 0.372. The maximum atomic E-state index is 12.6. The molecule has 0 fully saturated rings. The molecule has 25 heavy (non-hydrogen) atoms. The van der Waals surface area contributed by atoms with E-state index < -0.39 is 11.3 Å². The van der Waals surface area contributed by atoms with Gasteiger partial charge in [0, 0.05) is 22.7 Å². The monoisotopic (exact) mass is 329 g/mol. The summed E-state index contributed by atoms with van der Waals surface area (Å²) in [5.74, 6) is 0. The fourth-order valence-corrected chi connectivity index (χ4v) is 3.20. The SMILES string of the molecule is O=c1oc2c(cc1-c1c[nH]c3ccccc13)c(=O)oc1ccccc12. The summed E-state index contributed by atoms with van der Waals surface area (Å²) in [6.45, 7) is 0. The second-order valence-electron chi connectivity index (χ2n) is 5.82. The van der Waals surface area contributed by atoms with E-state index in [1.54, 1.807) is 36.5 Å². The van der Waals surface area contributed by atoms with Crippen LogP contribution in [-0.4, -0.2) is 4.98 Å². The molecule has 5 nitrogen and oxygen atoms in total. The third-order valence-electron chi connectivity index (χ3n) is 4.38. The minimum absolute atomic E-state index is 0.249. The van der Waals surface area contributed by atoms with Crippen molar-refractivity contribution in [3.05, 3.63) is 81.6 Å². The molecular formula is C20H11NO4. The molecule has 0 saturated heterocycles. The predicted octanol–water partition coefficient (Wildman–Crippen LogP) is 4.05. The van der Waals surface area contributed by atoms with E-state index in [1.807, 2.05) is 24.3 Å². The van der Waals surface area contributed by atoms with Gasteiger partial charge in [0.1, 0.15) is 11.0 Å². The molecule has 0 atom stereocenters. The number of aromatic amines is 1. The number of rotatable bonds is 1. The molecule has 0 spiro atoms. The Labute approximate surface area is 140 Å². The molecule has 120 valence electrons. The van der Waals surface area contributed by atoms with Crippen LogP contribution in [0.2, 0.25) is 0 Å². The molecule has 3 heterocycles. The number of benzene rings is 2. The zero-order chi connectivity index (χ0) is 17.0. The maximum absolute atomic E-state index is 12.6. The van der Waals surface area contributed by atoms with Crippen molar-refractivity contribution in [2.75, 3.05) is 0 Å². The van der Waals surface area contributed by atoms with Crippen LogP contribution in [0.3, 0.4) is 0 Å². The van der Waals surface area contributed by atoms with Crippen LogP contribution in [0.4, 0.5) is 0 Å². The summed E-state index contributed by atoms with van der Waals surface area (Å²) in [6.07, 6.45) is 1.74. The summed E-state index contributed by atoms with van der Waals surface area (Å²) in [5.41, 5.74) is 1.55. The zero-order valence-electron chi connectivity index (χ0n) is 12.9. The molecule has 0 aliphatic carbocycles. The predicted molar refractivity (Wildman–Crippen MR) is 95.8 cm³/mol. The summed E-state index contributed by atoms with van der Waals surface area (Å²) in [7, 11) is 0. The van der Waals surface area contributed by atoms with Gasteiger partial charge in [-0.1, -0.05) is 30.3 Å². The van der Waals surface area contributed by atoms with Gasteiger partial charge in [-0.15, -0.1) is 0 Å². The molecule has 0 unspecified atom stereocenters. The fourth-order valence-electron chi connectivity index (χ4n) is 3.20. The van der Waals surface area contributed by atoms with E-state index in [0.717, 1.165) is 10.9 Å². The number of aromatic nitrogens is 1. The van der Waals surface area contributed by atoms with Gasteiger partial charge in [-0.25, -0.2) is 9.59 Å². The first-order chi connectivity index (χ1) is 12.2. The third kappa shape index (κ3) is 1.96. The van der Waals surface area contributed by atoms with Crippen molar-refractivity contribution >= 4 is 32.8 Å². The first-order valence-corrected chi connectivity index (χ1v) is 7.78. The van der Waals surface area contributed by atoms with Crippen molar-refractivity contribution < 1.29 is 8.83 Å². The number of H-pyrrole nitrogens is 1. The van der Waals surface area contributed by atoms with Gasteiger partial charge in [0.15, 0.2) is 5.58 Å². The van der Waals surface area contributed by atoms with E-state index in [2.05, 4.69) is 4.98 Å².